The van der Waals surface area contributed by atoms with Crippen molar-refractivity contribution >= 4 is 5.78 Å². The number of halogens is 2. The molecule has 96 valence electrons. The van der Waals surface area contributed by atoms with Crippen LogP contribution in [0, 0.1) is 5.92 Å². The molecule has 0 aromatic rings. The highest BCUT2D eigenvalue weighted by Gasteiger charge is 2.46. The summed E-state index contributed by atoms with van der Waals surface area (Å²) in [6.07, 6.45) is 1.20. The molecule has 0 fully saturated rings. The normalized spacial score (nSPS) is 14.2. The van der Waals surface area contributed by atoms with E-state index in [9.17, 15) is 18.7 Å². The zero-order valence-electron chi connectivity index (χ0n) is 10.3. The quantitative estimate of drug-likeness (QED) is 0.657. The van der Waals surface area contributed by atoms with Crippen molar-refractivity contribution < 1.29 is 18.7 Å². The van der Waals surface area contributed by atoms with Crippen molar-refractivity contribution in [1.82, 2.24) is 0 Å². The molecule has 0 rings (SSSR count). The van der Waals surface area contributed by atoms with E-state index in [0.29, 0.717) is 6.42 Å². The van der Waals surface area contributed by atoms with Crippen molar-refractivity contribution in [3.8, 4) is 0 Å². The van der Waals surface area contributed by atoms with Gasteiger partial charge in [-0.15, -0.1) is 0 Å². The van der Waals surface area contributed by atoms with Crippen LogP contribution < -0.4 is 0 Å². The number of ketones is 1. The van der Waals surface area contributed by atoms with Crippen LogP contribution in [0.3, 0.4) is 0 Å². The number of rotatable bonds is 8. The summed E-state index contributed by atoms with van der Waals surface area (Å²) >= 11 is 0. The van der Waals surface area contributed by atoms with Gasteiger partial charge in [-0.2, -0.15) is 8.78 Å². The van der Waals surface area contributed by atoms with Crippen LogP contribution >= 0.6 is 0 Å². The lowest BCUT2D eigenvalue weighted by Crippen LogP contribution is -2.44. The van der Waals surface area contributed by atoms with Crippen molar-refractivity contribution in [3.05, 3.63) is 0 Å². The van der Waals surface area contributed by atoms with Gasteiger partial charge in [0.15, 0.2) is 0 Å². The summed E-state index contributed by atoms with van der Waals surface area (Å²) in [7, 11) is 0. The van der Waals surface area contributed by atoms with Crippen molar-refractivity contribution in [2.24, 2.45) is 5.92 Å². The highest BCUT2D eigenvalue weighted by Crippen LogP contribution is 2.27. The number of carbonyl (C=O) groups excluding carboxylic acids is 1. The third-order valence-corrected chi connectivity index (χ3v) is 2.63. The summed E-state index contributed by atoms with van der Waals surface area (Å²) in [6, 6.07) is 0. The third kappa shape index (κ3) is 4.56. The van der Waals surface area contributed by atoms with E-state index in [-0.39, 0.29) is 6.42 Å². The first-order chi connectivity index (χ1) is 7.34. The number of hydrogen-bond acceptors (Lipinski definition) is 2. The number of carbonyl (C=O) groups is 1. The lowest BCUT2D eigenvalue weighted by Gasteiger charge is -2.24. The van der Waals surface area contributed by atoms with Crippen LogP contribution in [0.5, 0.6) is 0 Å². The first-order valence-electron chi connectivity index (χ1n) is 5.93. The number of hydrogen-bond donors (Lipinski definition) is 1. The SMILES string of the molecule is CCCCCCC(=O)C(F)(F)[C@H](O)C(C)C. The van der Waals surface area contributed by atoms with E-state index >= 15 is 0 Å². The standard InChI is InChI=1S/C12H22F2O2/c1-4-5-6-7-8-10(15)12(13,14)11(16)9(2)3/h9,11,16H,4-8H2,1-3H3/t11-/m1/s1. The molecule has 0 saturated heterocycles. The van der Waals surface area contributed by atoms with Gasteiger partial charge in [0.25, 0.3) is 0 Å². The Balaban J connectivity index is 4.14. The van der Waals surface area contributed by atoms with E-state index in [0.717, 1.165) is 19.3 Å². The molecule has 0 saturated carbocycles. The zero-order chi connectivity index (χ0) is 12.8. The first kappa shape index (κ1) is 15.5. The minimum Gasteiger partial charge on any atom is -0.386 e. The molecule has 0 aliphatic heterocycles. The summed E-state index contributed by atoms with van der Waals surface area (Å²) in [4.78, 5) is 11.3. The smallest absolute Gasteiger partial charge is 0.330 e. The molecular formula is C12H22F2O2. The molecule has 0 heterocycles. The van der Waals surface area contributed by atoms with Crippen LogP contribution in [0.1, 0.15) is 52.9 Å². The number of alkyl halides is 2. The lowest BCUT2D eigenvalue weighted by molar-refractivity contribution is -0.166. The van der Waals surface area contributed by atoms with Crippen LogP contribution in [0.25, 0.3) is 0 Å². The second-order valence-electron chi connectivity index (χ2n) is 4.55. The predicted molar refractivity (Wildman–Crippen MR) is 59.6 cm³/mol. The number of unbranched alkanes of at least 4 members (excludes halogenated alkanes) is 3. The molecule has 2 nitrogen and oxygen atoms in total. The van der Waals surface area contributed by atoms with E-state index in [1.165, 1.54) is 13.8 Å². The highest BCUT2D eigenvalue weighted by molar-refractivity contribution is 5.86. The van der Waals surface area contributed by atoms with E-state index in [1.54, 1.807) is 0 Å². The average Bonchev–Trinajstić information content (AvgIpc) is 2.22. The van der Waals surface area contributed by atoms with E-state index in [1.807, 2.05) is 6.92 Å². The fourth-order valence-electron chi connectivity index (χ4n) is 1.46. The van der Waals surface area contributed by atoms with Gasteiger partial charge in [-0.3, -0.25) is 4.79 Å². The van der Waals surface area contributed by atoms with E-state index < -0.39 is 23.7 Å². The molecule has 0 aliphatic carbocycles. The fraction of sp³-hybridized carbons (Fsp3) is 0.917. The Kier molecular flexibility index (Phi) is 6.72. The molecule has 4 heteroatoms. The van der Waals surface area contributed by atoms with E-state index in [2.05, 4.69) is 0 Å². The minimum atomic E-state index is -3.60. The molecule has 0 aromatic carbocycles. The Labute approximate surface area is 96.0 Å². The maximum atomic E-state index is 13.4. The van der Waals surface area contributed by atoms with Gasteiger partial charge < -0.3 is 5.11 Å². The van der Waals surface area contributed by atoms with Gasteiger partial charge in [0.1, 0.15) is 6.10 Å². The Hall–Kier alpha value is -0.510. The Morgan fingerprint density at radius 1 is 1.25 bits per heavy atom. The molecule has 0 aliphatic rings. The molecule has 0 radical (unpaired) electrons. The molecule has 0 unspecified atom stereocenters. The monoisotopic (exact) mass is 236 g/mol. The fourth-order valence-corrected chi connectivity index (χ4v) is 1.46. The Bertz CT molecular complexity index is 215. The van der Waals surface area contributed by atoms with Gasteiger partial charge in [0, 0.05) is 6.42 Å². The van der Waals surface area contributed by atoms with Crippen molar-refractivity contribution in [1.29, 1.82) is 0 Å². The minimum absolute atomic E-state index is 0.142. The molecule has 0 amide bonds. The molecule has 0 spiro atoms. The van der Waals surface area contributed by atoms with Gasteiger partial charge >= 0.3 is 5.92 Å². The molecule has 1 N–H and O–H groups in total. The first-order valence-corrected chi connectivity index (χ1v) is 5.93. The van der Waals surface area contributed by atoms with Gasteiger partial charge in [0.05, 0.1) is 0 Å². The molecule has 0 bridgehead atoms. The van der Waals surface area contributed by atoms with Gasteiger partial charge in [-0.05, 0) is 12.3 Å². The van der Waals surface area contributed by atoms with Crippen molar-refractivity contribution in [2.45, 2.75) is 64.9 Å². The summed E-state index contributed by atoms with van der Waals surface area (Å²) in [5.41, 5.74) is 0. The molecule has 0 aromatic heterocycles. The van der Waals surface area contributed by atoms with Gasteiger partial charge in [-0.1, -0.05) is 40.0 Å². The summed E-state index contributed by atoms with van der Waals surface area (Å²) < 4.78 is 26.7. The van der Waals surface area contributed by atoms with Crippen LogP contribution in [0.15, 0.2) is 0 Å². The summed E-state index contributed by atoms with van der Waals surface area (Å²) in [5.74, 6) is -5.35. The summed E-state index contributed by atoms with van der Waals surface area (Å²) in [6.45, 7) is 4.96. The van der Waals surface area contributed by atoms with Gasteiger partial charge in [0.2, 0.25) is 5.78 Å². The zero-order valence-corrected chi connectivity index (χ0v) is 10.3. The Morgan fingerprint density at radius 3 is 2.25 bits per heavy atom. The summed E-state index contributed by atoms with van der Waals surface area (Å²) in [5, 5.41) is 9.26. The topological polar surface area (TPSA) is 37.3 Å². The van der Waals surface area contributed by atoms with Crippen LogP contribution in [0.2, 0.25) is 0 Å². The number of aliphatic hydroxyl groups is 1. The average molecular weight is 236 g/mol. The lowest BCUT2D eigenvalue weighted by atomic mass is 9.95. The van der Waals surface area contributed by atoms with Gasteiger partial charge in [-0.25, -0.2) is 0 Å². The number of aliphatic hydroxyl groups excluding tert-OH is 1. The predicted octanol–water partition coefficient (Wildman–Crippen LogP) is 3.18. The van der Waals surface area contributed by atoms with Crippen LogP contribution in [0.4, 0.5) is 8.78 Å². The van der Waals surface area contributed by atoms with E-state index in [4.69, 9.17) is 0 Å². The second kappa shape index (κ2) is 6.94. The molecule has 16 heavy (non-hydrogen) atoms. The maximum Gasteiger partial charge on any atom is 0.330 e. The third-order valence-electron chi connectivity index (χ3n) is 2.63. The van der Waals surface area contributed by atoms with Crippen molar-refractivity contribution in [2.75, 3.05) is 0 Å². The Morgan fingerprint density at radius 2 is 1.81 bits per heavy atom. The maximum absolute atomic E-state index is 13.4. The largest absolute Gasteiger partial charge is 0.386 e. The highest BCUT2D eigenvalue weighted by atomic mass is 19.3. The van der Waals surface area contributed by atoms with Crippen LogP contribution in [-0.2, 0) is 4.79 Å². The van der Waals surface area contributed by atoms with Crippen molar-refractivity contribution in [3.63, 3.8) is 0 Å². The van der Waals surface area contributed by atoms with Crippen LogP contribution in [-0.4, -0.2) is 22.9 Å². The molecule has 1 atom stereocenters. The second-order valence-corrected chi connectivity index (χ2v) is 4.55. The number of Topliss-reactive ketones (excluding diaryl/α,β-unsaturated/α-hetero) is 1. The molecular weight excluding hydrogens is 214 g/mol.